The van der Waals surface area contributed by atoms with Crippen LogP contribution in [0.3, 0.4) is 0 Å². The number of nitrogens with one attached hydrogen (secondary N) is 1. The summed E-state index contributed by atoms with van der Waals surface area (Å²) in [4.78, 5) is 10.1. The SMILES string of the molecule is O=[N+]([O-])c1ccc(N=Nc2ccc(OCCCCCCNc3ccc(S(=O)(=O)O)cc3)cc2)cc1. The molecule has 3 rings (SSSR count). The first kappa shape index (κ1) is 25.8. The van der Waals surface area contributed by atoms with E-state index in [1.807, 2.05) is 12.1 Å². The third-order valence-electron chi connectivity index (χ3n) is 5.00. The molecule has 0 saturated carbocycles. The molecule has 0 saturated heterocycles. The van der Waals surface area contributed by atoms with Crippen LogP contribution in [0.2, 0.25) is 0 Å². The number of unbranched alkanes of at least 4 members (excludes halogenated alkanes) is 3. The van der Waals surface area contributed by atoms with E-state index < -0.39 is 15.0 Å². The molecule has 35 heavy (non-hydrogen) atoms. The zero-order valence-corrected chi connectivity index (χ0v) is 19.7. The largest absolute Gasteiger partial charge is 0.494 e. The Bertz CT molecular complexity index is 1230. The highest BCUT2D eigenvalue weighted by molar-refractivity contribution is 7.85. The second kappa shape index (κ2) is 12.6. The zero-order valence-electron chi connectivity index (χ0n) is 18.9. The van der Waals surface area contributed by atoms with Crippen molar-refractivity contribution in [3.8, 4) is 5.75 Å². The topological polar surface area (TPSA) is 143 Å². The van der Waals surface area contributed by atoms with Crippen molar-refractivity contribution in [3.05, 3.63) is 82.9 Å². The van der Waals surface area contributed by atoms with E-state index in [4.69, 9.17) is 9.29 Å². The Labute approximate surface area is 203 Å². The summed E-state index contributed by atoms with van der Waals surface area (Å²) >= 11 is 0. The minimum atomic E-state index is -4.16. The fraction of sp³-hybridized carbons (Fsp3) is 0.250. The Kier molecular flexibility index (Phi) is 9.27. The number of benzene rings is 3. The normalized spacial score (nSPS) is 11.5. The molecule has 0 heterocycles. The van der Waals surface area contributed by atoms with Crippen LogP contribution in [0.5, 0.6) is 5.75 Å². The maximum absolute atomic E-state index is 11.0. The molecule has 0 aliphatic rings. The van der Waals surface area contributed by atoms with Crippen LogP contribution in [0.4, 0.5) is 22.7 Å². The average molecular weight is 499 g/mol. The summed E-state index contributed by atoms with van der Waals surface area (Å²) in [6.45, 7) is 1.37. The predicted molar refractivity (Wildman–Crippen MR) is 132 cm³/mol. The molecule has 184 valence electrons. The summed E-state index contributed by atoms with van der Waals surface area (Å²) in [6, 6.07) is 19.0. The Balaban J connectivity index is 1.28. The Hall–Kier alpha value is -3.83. The van der Waals surface area contributed by atoms with Gasteiger partial charge in [0.2, 0.25) is 0 Å². The molecule has 0 aliphatic heterocycles. The van der Waals surface area contributed by atoms with E-state index in [0.29, 0.717) is 18.0 Å². The lowest BCUT2D eigenvalue weighted by Crippen LogP contribution is -2.03. The Morgan fingerprint density at radius 3 is 1.97 bits per heavy atom. The second-order valence-electron chi connectivity index (χ2n) is 7.66. The van der Waals surface area contributed by atoms with E-state index in [-0.39, 0.29) is 10.6 Å². The third kappa shape index (κ3) is 8.80. The van der Waals surface area contributed by atoms with E-state index in [9.17, 15) is 18.5 Å². The molecule has 0 aliphatic carbocycles. The number of azo groups is 1. The molecule has 0 atom stereocenters. The van der Waals surface area contributed by atoms with Gasteiger partial charge >= 0.3 is 0 Å². The Morgan fingerprint density at radius 2 is 1.40 bits per heavy atom. The van der Waals surface area contributed by atoms with E-state index in [0.717, 1.165) is 43.7 Å². The van der Waals surface area contributed by atoms with Gasteiger partial charge in [0.25, 0.3) is 15.8 Å². The highest BCUT2D eigenvalue weighted by Gasteiger charge is 2.08. The van der Waals surface area contributed by atoms with Crippen molar-refractivity contribution >= 4 is 32.9 Å². The quantitative estimate of drug-likeness (QED) is 0.0924. The molecule has 0 radical (unpaired) electrons. The van der Waals surface area contributed by atoms with Crippen LogP contribution < -0.4 is 10.1 Å². The van der Waals surface area contributed by atoms with E-state index in [2.05, 4.69) is 15.5 Å². The van der Waals surface area contributed by atoms with Crippen LogP contribution in [-0.2, 0) is 10.1 Å². The zero-order chi connectivity index (χ0) is 25.1. The highest BCUT2D eigenvalue weighted by Crippen LogP contribution is 2.23. The summed E-state index contributed by atoms with van der Waals surface area (Å²) in [7, 11) is -4.16. The lowest BCUT2D eigenvalue weighted by Gasteiger charge is -2.08. The molecule has 0 bridgehead atoms. The number of anilines is 1. The van der Waals surface area contributed by atoms with Gasteiger partial charge in [-0.05, 0) is 73.5 Å². The summed E-state index contributed by atoms with van der Waals surface area (Å²) < 4.78 is 36.8. The van der Waals surface area contributed by atoms with Crippen molar-refractivity contribution in [2.75, 3.05) is 18.5 Å². The number of non-ortho nitro benzene ring substituents is 1. The van der Waals surface area contributed by atoms with Crippen LogP contribution in [0, 0.1) is 10.1 Å². The van der Waals surface area contributed by atoms with E-state index >= 15 is 0 Å². The van der Waals surface area contributed by atoms with Gasteiger partial charge in [0.05, 0.1) is 27.8 Å². The highest BCUT2D eigenvalue weighted by atomic mass is 32.2. The van der Waals surface area contributed by atoms with Gasteiger partial charge in [-0.25, -0.2) is 0 Å². The number of nitro benzene ring substituents is 1. The first-order chi connectivity index (χ1) is 16.8. The number of rotatable bonds is 13. The van der Waals surface area contributed by atoms with Gasteiger partial charge in [-0.2, -0.15) is 18.6 Å². The van der Waals surface area contributed by atoms with Crippen LogP contribution in [0.15, 0.2) is 87.9 Å². The molecule has 0 spiro atoms. The molecule has 3 aromatic carbocycles. The summed E-state index contributed by atoms with van der Waals surface area (Å²) in [6.07, 6.45) is 3.94. The monoisotopic (exact) mass is 498 g/mol. The summed E-state index contributed by atoms with van der Waals surface area (Å²) in [5.74, 6) is 0.745. The van der Waals surface area contributed by atoms with Crippen LogP contribution >= 0.6 is 0 Å². The summed E-state index contributed by atoms with van der Waals surface area (Å²) in [5, 5.41) is 22.1. The number of nitro groups is 1. The molecule has 11 heteroatoms. The number of hydrogen-bond acceptors (Lipinski definition) is 8. The minimum Gasteiger partial charge on any atom is -0.494 e. The third-order valence-corrected chi connectivity index (χ3v) is 5.87. The van der Waals surface area contributed by atoms with Gasteiger partial charge in [-0.15, -0.1) is 0 Å². The maximum Gasteiger partial charge on any atom is 0.294 e. The van der Waals surface area contributed by atoms with Gasteiger partial charge in [-0.1, -0.05) is 12.8 Å². The van der Waals surface area contributed by atoms with Gasteiger partial charge in [0.15, 0.2) is 0 Å². The molecule has 3 aromatic rings. The second-order valence-corrected chi connectivity index (χ2v) is 9.08. The van der Waals surface area contributed by atoms with Crippen molar-refractivity contribution in [1.82, 2.24) is 0 Å². The van der Waals surface area contributed by atoms with Crippen molar-refractivity contribution in [2.24, 2.45) is 10.2 Å². The lowest BCUT2D eigenvalue weighted by molar-refractivity contribution is -0.384. The van der Waals surface area contributed by atoms with Gasteiger partial charge in [0.1, 0.15) is 5.75 Å². The maximum atomic E-state index is 11.0. The van der Waals surface area contributed by atoms with Crippen molar-refractivity contribution in [3.63, 3.8) is 0 Å². The number of ether oxygens (including phenoxy) is 1. The minimum absolute atomic E-state index is 0.00783. The van der Waals surface area contributed by atoms with Crippen molar-refractivity contribution < 1.29 is 22.6 Å². The molecule has 0 aromatic heterocycles. The molecular formula is C24H26N4O6S. The van der Waals surface area contributed by atoms with Crippen molar-refractivity contribution in [2.45, 2.75) is 30.6 Å². The van der Waals surface area contributed by atoms with E-state index in [1.54, 1.807) is 36.4 Å². The molecule has 0 unspecified atom stereocenters. The molecule has 0 amide bonds. The van der Waals surface area contributed by atoms with Gasteiger partial charge in [0, 0.05) is 24.4 Å². The fourth-order valence-corrected chi connectivity index (χ4v) is 3.59. The van der Waals surface area contributed by atoms with Crippen LogP contribution in [0.1, 0.15) is 25.7 Å². The average Bonchev–Trinajstić information content (AvgIpc) is 2.85. The summed E-state index contributed by atoms with van der Waals surface area (Å²) in [5.41, 5.74) is 1.99. The first-order valence-electron chi connectivity index (χ1n) is 11.0. The van der Waals surface area contributed by atoms with Gasteiger partial charge in [-0.3, -0.25) is 14.7 Å². The molecular weight excluding hydrogens is 472 g/mol. The lowest BCUT2D eigenvalue weighted by atomic mass is 10.2. The number of nitrogens with zero attached hydrogens (tertiary/aromatic N) is 3. The van der Waals surface area contributed by atoms with Crippen LogP contribution in [0.25, 0.3) is 0 Å². The van der Waals surface area contributed by atoms with Crippen molar-refractivity contribution in [1.29, 1.82) is 0 Å². The molecule has 10 nitrogen and oxygen atoms in total. The van der Waals surface area contributed by atoms with E-state index in [1.165, 1.54) is 24.3 Å². The van der Waals surface area contributed by atoms with Gasteiger partial charge < -0.3 is 10.1 Å². The number of hydrogen-bond donors (Lipinski definition) is 2. The predicted octanol–water partition coefficient (Wildman–Crippen LogP) is 6.31. The van der Waals surface area contributed by atoms with Crippen LogP contribution in [-0.4, -0.2) is 31.0 Å². The first-order valence-corrected chi connectivity index (χ1v) is 12.5. The molecule has 2 N–H and O–H groups in total. The molecule has 0 fully saturated rings. The smallest absolute Gasteiger partial charge is 0.294 e. The fourth-order valence-electron chi connectivity index (χ4n) is 3.11. The standard InChI is InChI=1S/C24H26N4O6S/c29-28(30)22-11-5-20(6-12-22)26-27-21-7-13-23(14-8-21)34-18-4-2-1-3-17-25-19-9-15-24(16-10-19)35(31,32)33/h5-16,25H,1-4,17-18H2,(H,31,32,33). The Morgan fingerprint density at radius 1 is 0.829 bits per heavy atom.